The average Bonchev–Trinajstić information content (AvgIpc) is 3.00. The molecule has 2 radical (unpaired) electrons. The summed E-state index contributed by atoms with van der Waals surface area (Å²) in [6.07, 6.45) is 10.7. The summed E-state index contributed by atoms with van der Waals surface area (Å²) in [6.45, 7) is 30.3. The minimum absolute atomic E-state index is 0.709. The predicted molar refractivity (Wildman–Crippen MR) is 139 cm³/mol. The summed E-state index contributed by atoms with van der Waals surface area (Å²) in [6, 6.07) is 0. The van der Waals surface area contributed by atoms with Gasteiger partial charge < -0.3 is 0 Å². The maximum atomic E-state index is 2.71. The van der Waals surface area contributed by atoms with Crippen LogP contribution in [0, 0.1) is 0 Å². The molecule has 0 aromatic heterocycles. The van der Waals surface area contributed by atoms with Crippen molar-refractivity contribution in [1.82, 2.24) is 0 Å². The van der Waals surface area contributed by atoms with Crippen LogP contribution in [0.5, 0.6) is 0 Å². The molecule has 0 bridgehead atoms. The summed E-state index contributed by atoms with van der Waals surface area (Å²) in [5.74, 6) is 0. The summed E-state index contributed by atoms with van der Waals surface area (Å²) < 4.78 is 0. The van der Waals surface area contributed by atoms with Gasteiger partial charge in [-0.2, -0.15) is 0 Å². The summed E-state index contributed by atoms with van der Waals surface area (Å²) in [4.78, 5) is 0. The van der Waals surface area contributed by atoms with Crippen LogP contribution < -0.4 is 0 Å². The molecule has 2 rings (SSSR count). The molecule has 0 aromatic carbocycles. The summed E-state index contributed by atoms with van der Waals surface area (Å²) >= 11 is 0. The second-order valence-corrected chi connectivity index (χ2v) is 34.5. The van der Waals surface area contributed by atoms with Crippen molar-refractivity contribution in [3.05, 3.63) is 45.1 Å². The molecule has 2 aliphatic carbocycles. The van der Waals surface area contributed by atoms with Crippen molar-refractivity contribution in [2.24, 2.45) is 0 Å². The maximum absolute atomic E-state index is 2.71. The molecule has 0 heterocycles. The van der Waals surface area contributed by atoms with E-state index in [4.69, 9.17) is 0 Å². The van der Waals surface area contributed by atoms with Crippen LogP contribution in [0.2, 0.25) is 89.6 Å². The first-order valence-electron chi connectivity index (χ1n) is 10.6. The van der Waals surface area contributed by atoms with Gasteiger partial charge in [0, 0.05) is 0 Å². The third kappa shape index (κ3) is 5.56. The van der Waals surface area contributed by atoms with E-state index in [9.17, 15) is 0 Å². The lowest BCUT2D eigenvalue weighted by atomic mass is 10.4. The van der Waals surface area contributed by atoms with Crippen molar-refractivity contribution in [3.63, 3.8) is 0 Å². The van der Waals surface area contributed by atoms with E-state index in [1.807, 2.05) is 10.4 Å². The lowest BCUT2D eigenvalue weighted by Crippen LogP contribution is -2.31. The Morgan fingerprint density at radius 1 is 0.519 bits per heavy atom. The number of rotatable bonds is 6. The Morgan fingerprint density at radius 2 is 0.815 bits per heavy atom. The zero-order valence-corrected chi connectivity index (χ0v) is 25.0. The van der Waals surface area contributed by atoms with Crippen LogP contribution in [-0.2, 0) is 0 Å². The Kier molecular flexibility index (Phi) is 6.38. The number of hydrogen-bond donors (Lipinski definition) is 0. The average molecular weight is 447 g/mol. The van der Waals surface area contributed by atoms with Crippen LogP contribution in [0.1, 0.15) is 0 Å². The fraction of sp³-hybridized carbons (Fsp3) is 0.636. The quantitative estimate of drug-likeness (QED) is 0.370. The van der Waals surface area contributed by atoms with Crippen LogP contribution in [0.25, 0.3) is 0 Å². The zero-order valence-electron chi connectivity index (χ0n) is 20.0. The summed E-state index contributed by atoms with van der Waals surface area (Å²) in [7, 11) is -4.05. The molecule has 0 spiro atoms. The van der Waals surface area contributed by atoms with E-state index in [2.05, 4.69) is 103 Å². The molecule has 0 fully saturated rings. The van der Waals surface area contributed by atoms with Gasteiger partial charge in [0.1, 0.15) is 0 Å². The van der Waals surface area contributed by atoms with Crippen molar-refractivity contribution < 1.29 is 0 Å². The van der Waals surface area contributed by atoms with E-state index in [1.165, 1.54) is 0 Å². The van der Waals surface area contributed by atoms with Crippen LogP contribution in [0.15, 0.2) is 45.1 Å². The van der Waals surface area contributed by atoms with E-state index >= 15 is 0 Å². The van der Waals surface area contributed by atoms with Crippen LogP contribution in [0.3, 0.4) is 0 Å². The SMILES string of the molecule is C[Si](C)(C)C1=CC([Si]C2C=C([Si](C)(C)C)C=C2[Si](C)(C)C)C([Si](C)(C)C)=C1. The maximum Gasteiger partial charge on any atom is 0.0771 e. The molecular weight excluding hydrogens is 405 g/mol. The highest BCUT2D eigenvalue weighted by Crippen LogP contribution is 2.45. The van der Waals surface area contributed by atoms with Crippen LogP contribution >= 0.6 is 0 Å². The van der Waals surface area contributed by atoms with Gasteiger partial charge in [-0.05, 0) is 11.1 Å². The first-order valence-corrected chi connectivity index (χ1v) is 25.7. The van der Waals surface area contributed by atoms with E-state index in [0.29, 0.717) is 11.1 Å². The molecule has 0 aromatic rings. The standard InChI is InChI=1S/C22H42Si5/c1-24(2,3)17-13-19(21(15-17)26(7,8)9)23-20-14-18(25(4,5)6)16-22(20)27(10,11)12/h13-16,19-20H,1-12H3. The van der Waals surface area contributed by atoms with Gasteiger partial charge in [-0.1, -0.05) is 124 Å². The normalized spacial score (nSPS) is 24.6. The Morgan fingerprint density at radius 3 is 1.04 bits per heavy atom. The molecular formula is C22H42Si5. The lowest BCUT2D eigenvalue weighted by molar-refractivity contribution is 1.21. The highest BCUT2D eigenvalue weighted by Gasteiger charge is 2.38. The van der Waals surface area contributed by atoms with Gasteiger partial charge in [0.05, 0.1) is 41.8 Å². The van der Waals surface area contributed by atoms with Gasteiger partial charge in [-0.3, -0.25) is 0 Å². The van der Waals surface area contributed by atoms with Crippen molar-refractivity contribution in [1.29, 1.82) is 0 Å². The van der Waals surface area contributed by atoms with E-state index in [-0.39, 0.29) is 0 Å². The topological polar surface area (TPSA) is 0 Å². The minimum atomic E-state index is -1.28. The Labute approximate surface area is 176 Å². The second kappa shape index (κ2) is 7.38. The molecule has 2 unspecified atom stereocenters. The number of hydrogen-bond acceptors (Lipinski definition) is 0. The highest BCUT2D eigenvalue weighted by molar-refractivity contribution is 6.89. The molecule has 0 aliphatic heterocycles. The second-order valence-electron chi connectivity index (χ2n) is 12.6. The van der Waals surface area contributed by atoms with Gasteiger partial charge in [0.25, 0.3) is 0 Å². The highest BCUT2D eigenvalue weighted by atomic mass is 28.3. The molecule has 2 atom stereocenters. The molecule has 0 N–H and O–H groups in total. The van der Waals surface area contributed by atoms with Crippen LogP contribution in [-0.4, -0.2) is 41.8 Å². The van der Waals surface area contributed by atoms with Crippen molar-refractivity contribution in [3.8, 4) is 0 Å². The molecule has 0 saturated heterocycles. The lowest BCUT2D eigenvalue weighted by Gasteiger charge is -2.29. The largest absolute Gasteiger partial charge is 0.0817 e. The summed E-state index contributed by atoms with van der Waals surface area (Å²) in [5.41, 5.74) is 1.42. The Hall–Kier alpha value is 0.0444. The minimum Gasteiger partial charge on any atom is -0.0817 e. The molecule has 150 valence electrons. The van der Waals surface area contributed by atoms with Gasteiger partial charge in [0.15, 0.2) is 0 Å². The van der Waals surface area contributed by atoms with Crippen molar-refractivity contribution >= 4 is 41.8 Å². The predicted octanol–water partition coefficient (Wildman–Crippen LogP) is 7.51. The van der Waals surface area contributed by atoms with Gasteiger partial charge in [0.2, 0.25) is 0 Å². The van der Waals surface area contributed by atoms with Gasteiger partial charge in [-0.25, -0.2) is 0 Å². The Bertz CT molecular complexity index is 648. The Balaban J connectivity index is 2.41. The van der Waals surface area contributed by atoms with Crippen molar-refractivity contribution in [2.45, 2.75) is 89.6 Å². The molecule has 2 aliphatic rings. The van der Waals surface area contributed by atoms with E-state index in [0.717, 1.165) is 9.52 Å². The summed E-state index contributed by atoms with van der Waals surface area (Å²) in [5, 5.41) is 7.07. The third-order valence-electron chi connectivity index (χ3n) is 5.81. The fourth-order valence-corrected chi connectivity index (χ4v) is 14.8. The third-order valence-corrected chi connectivity index (χ3v) is 16.5. The van der Waals surface area contributed by atoms with Crippen molar-refractivity contribution in [2.75, 3.05) is 0 Å². The molecule has 0 saturated carbocycles. The van der Waals surface area contributed by atoms with Gasteiger partial charge >= 0.3 is 0 Å². The van der Waals surface area contributed by atoms with Gasteiger partial charge in [-0.15, -0.1) is 0 Å². The molecule has 27 heavy (non-hydrogen) atoms. The molecule has 0 nitrogen and oxygen atoms in total. The van der Waals surface area contributed by atoms with Crippen LogP contribution in [0.4, 0.5) is 0 Å². The van der Waals surface area contributed by atoms with E-state index in [1.54, 1.807) is 10.4 Å². The first kappa shape index (κ1) is 23.3. The fourth-order valence-electron chi connectivity index (χ4n) is 3.92. The zero-order chi connectivity index (χ0) is 21.0. The first-order chi connectivity index (χ1) is 11.9. The molecule has 5 heteroatoms. The molecule has 0 amide bonds. The smallest absolute Gasteiger partial charge is 0.0771 e. The van der Waals surface area contributed by atoms with E-state index < -0.39 is 32.3 Å². The number of allylic oxidation sites excluding steroid dienone is 8. The monoisotopic (exact) mass is 446 g/mol.